The zero-order chi connectivity index (χ0) is 14.1. The smallest absolute Gasteiger partial charge is 0.308 e. The van der Waals surface area contributed by atoms with E-state index in [0.29, 0.717) is 0 Å². The van der Waals surface area contributed by atoms with Crippen LogP contribution in [0.3, 0.4) is 0 Å². The lowest BCUT2D eigenvalue weighted by molar-refractivity contribution is -0.271. The number of halogens is 2. The summed E-state index contributed by atoms with van der Waals surface area (Å²) in [6, 6.07) is 0. The highest BCUT2D eigenvalue weighted by molar-refractivity contribution is 14.1. The summed E-state index contributed by atoms with van der Waals surface area (Å²) in [5, 5.41) is 19.8. The molecule has 6 nitrogen and oxygen atoms in total. The number of ether oxygens (including phenoxy) is 2. The van der Waals surface area contributed by atoms with Crippen LogP contribution >= 0.6 is 45.6 Å². The maximum absolute atomic E-state index is 11.6. The number of alkyl halides is 1. The molecule has 1 fully saturated rings. The van der Waals surface area contributed by atoms with Gasteiger partial charge in [-0.25, -0.2) is 0 Å². The molecule has 2 N–H and O–H groups in total. The summed E-state index contributed by atoms with van der Waals surface area (Å²) in [6.45, 7) is 5.04. The third-order valence-electron chi connectivity index (χ3n) is 2.60. The maximum atomic E-state index is 11.6. The Morgan fingerprint density at radius 3 is 2.39 bits per heavy atom. The van der Waals surface area contributed by atoms with Crippen molar-refractivity contribution >= 4 is 51.6 Å². The third kappa shape index (κ3) is 3.66. The topological polar surface area (TPSA) is 85.2 Å². The second-order valence-corrected chi connectivity index (χ2v) is 7.21. The van der Waals surface area contributed by atoms with Crippen molar-refractivity contribution in [3.8, 4) is 0 Å². The number of rotatable bonds is 3. The number of esters is 1. The SMILES string of the molecule is CC(C)C(=O)O[C@H]1[C@H](O)[C@H](O)[C@H](OI)OC1(C)I. The Hall–Kier alpha value is 0.770. The lowest BCUT2D eigenvalue weighted by atomic mass is 9.99. The number of carbonyl (C=O) groups is 1. The average Bonchev–Trinajstić information content (AvgIpc) is 2.29. The molecule has 0 aliphatic carbocycles. The molecular weight excluding hydrogens is 470 g/mol. The van der Waals surface area contributed by atoms with Gasteiger partial charge in [0.15, 0.2) is 16.0 Å². The van der Waals surface area contributed by atoms with Crippen LogP contribution in [0.2, 0.25) is 0 Å². The van der Waals surface area contributed by atoms with Gasteiger partial charge in [0, 0.05) is 0 Å². The number of aliphatic hydroxyl groups excluding tert-OH is 2. The normalized spacial score (nSPS) is 40.9. The monoisotopic (exact) mass is 486 g/mol. The van der Waals surface area contributed by atoms with Gasteiger partial charge in [-0.2, -0.15) is 0 Å². The second-order valence-electron chi connectivity index (χ2n) is 4.55. The highest BCUT2D eigenvalue weighted by Crippen LogP contribution is 2.38. The van der Waals surface area contributed by atoms with Gasteiger partial charge in [-0.1, -0.05) is 13.8 Å². The molecule has 0 aromatic rings. The van der Waals surface area contributed by atoms with E-state index >= 15 is 0 Å². The van der Waals surface area contributed by atoms with Gasteiger partial charge < -0.3 is 19.7 Å². The first-order chi connectivity index (χ1) is 8.20. The molecule has 0 radical (unpaired) electrons. The Kier molecular flexibility index (Phi) is 6.06. The van der Waals surface area contributed by atoms with Crippen molar-refractivity contribution in [2.45, 2.75) is 49.0 Å². The van der Waals surface area contributed by atoms with Crippen LogP contribution in [0, 0.1) is 5.92 Å². The molecule has 8 heteroatoms. The van der Waals surface area contributed by atoms with Gasteiger partial charge in [-0.3, -0.25) is 7.86 Å². The van der Waals surface area contributed by atoms with E-state index in [1.54, 1.807) is 43.8 Å². The number of hydrogen-bond acceptors (Lipinski definition) is 6. The minimum Gasteiger partial charge on any atom is -0.455 e. The number of carbonyl (C=O) groups excluding carboxylic acids is 1. The van der Waals surface area contributed by atoms with Crippen LogP contribution < -0.4 is 0 Å². The van der Waals surface area contributed by atoms with E-state index in [2.05, 4.69) is 0 Å². The van der Waals surface area contributed by atoms with E-state index in [1.165, 1.54) is 0 Å². The van der Waals surface area contributed by atoms with Gasteiger partial charge in [-0.05, 0) is 29.5 Å². The first kappa shape index (κ1) is 16.8. The van der Waals surface area contributed by atoms with Gasteiger partial charge in [0.1, 0.15) is 35.2 Å². The fraction of sp³-hybridized carbons (Fsp3) is 0.900. The van der Waals surface area contributed by atoms with E-state index in [9.17, 15) is 15.0 Å². The average molecular weight is 486 g/mol. The van der Waals surface area contributed by atoms with Crippen LogP contribution in [0.1, 0.15) is 20.8 Å². The van der Waals surface area contributed by atoms with Crippen LogP contribution in [0.25, 0.3) is 0 Å². The van der Waals surface area contributed by atoms with Crippen molar-refractivity contribution in [3.05, 3.63) is 0 Å². The van der Waals surface area contributed by atoms with Gasteiger partial charge in [0.25, 0.3) is 0 Å². The van der Waals surface area contributed by atoms with Crippen molar-refractivity contribution in [1.29, 1.82) is 0 Å². The Morgan fingerprint density at radius 1 is 1.39 bits per heavy atom. The third-order valence-corrected chi connectivity index (χ3v) is 3.97. The van der Waals surface area contributed by atoms with Gasteiger partial charge in [0.05, 0.1) is 5.92 Å². The van der Waals surface area contributed by atoms with Gasteiger partial charge in [0.2, 0.25) is 0 Å². The summed E-state index contributed by atoms with van der Waals surface area (Å²) < 4.78 is 14.6. The molecular formula is C10H16I2O6. The highest BCUT2D eigenvalue weighted by Gasteiger charge is 2.53. The standard InChI is InChI=1S/C10H16I2O6/c1-4(2)8(15)16-7-5(13)6(14)9(18-12)17-10(7,3)11/h4-7,9,13-14H,1-3H3/t5-,6+,7+,9+,10?/m1/s1. The summed E-state index contributed by atoms with van der Waals surface area (Å²) in [7, 11) is 0. The first-order valence-electron chi connectivity index (χ1n) is 5.41. The molecule has 1 aliphatic rings. The Bertz CT molecular complexity index is 309. The molecule has 0 aromatic carbocycles. The second kappa shape index (κ2) is 6.48. The van der Waals surface area contributed by atoms with Crippen molar-refractivity contribution in [1.82, 2.24) is 0 Å². The molecule has 0 saturated carbocycles. The molecule has 106 valence electrons. The molecule has 1 saturated heterocycles. The largest absolute Gasteiger partial charge is 0.455 e. The van der Waals surface area contributed by atoms with Crippen molar-refractivity contribution < 1.29 is 27.5 Å². The van der Waals surface area contributed by atoms with Gasteiger partial charge >= 0.3 is 5.97 Å². The minimum absolute atomic E-state index is 0.319. The molecule has 5 atom stereocenters. The van der Waals surface area contributed by atoms with E-state index < -0.39 is 34.2 Å². The molecule has 1 rings (SSSR count). The molecule has 1 heterocycles. The predicted molar refractivity (Wildman–Crippen MR) is 79.1 cm³/mol. The molecule has 0 bridgehead atoms. The first-order valence-corrected chi connectivity index (χ1v) is 7.37. The molecule has 0 spiro atoms. The van der Waals surface area contributed by atoms with Crippen molar-refractivity contribution in [3.63, 3.8) is 0 Å². The minimum atomic E-state index is -1.27. The van der Waals surface area contributed by atoms with E-state index in [1.807, 2.05) is 22.6 Å². The lowest BCUT2D eigenvalue weighted by Crippen LogP contribution is -2.62. The lowest BCUT2D eigenvalue weighted by Gasteiger charge is -2.44. The molecule has 0 aromatic heterocycles. The zero-order valence-corrected chi connectivity index (χ0v) is 14.5. The number of aliphatic hydroxyl groups is 2. The van der Waals surface area contributed by atoms with Crippen LogP contribution in [-0.2, 0) is 17.3 Å². The predicted octanol–water partition coefficient (Wildman–Crippen LogP) is 1.15. The Labute approximate surface area is 133 Å². The Balaban J connectivity index is 2.86. The summed E-state index contributed by atoms with van der Waals surface area (Å²) in [5.41, 5.74) is 0. The maximum Gasteiger partial charge on any atom is 0.308 e. The zero-order valence-electron chi connectivity index (χ0n) is 10.2. The quantitative estimate of drug-likeness (QED) is 0.354. The van der Waals surface area contributed by atoms with Crippen LogP contribution in [0.4, 0.5) is 0 Å². The van der Waals surface area contributed by atoms with Crippen molar-refractivity contribution in [2.24, 2.45) is 5.92 Å². The molecule has 0 amide bonds. The molecule has 1 unspecified atom stereocenters. The van der Waals surface area contributed by atoms with Crippen LogP contribution in [-0.4, -0.2) is 44.4 Å². The van der Waals surface area contributed by atoms with E-state index in [0.717, 1.165) is 0 Å². The van der Waals surface area contributed by atoms with Crippen molar-refractivity contribution in [2.75, 3.05) is 0 Å². The van der Waals surface area contributed by atoms with E-state index in [-0.39, 0.29) is 5.92 Å². The fourth-order valence-electron chi connectivity index (χ4n) is 1.52. The molecule has 18 heavy (non-hydrogen) atoms. The number of hydrogen-bond donors (Lipinski definition) is 2. The van der Waals surface area contributed by atoms with Crippen LogP contribution in [0.15, 0.2) is 0 Å². The highest BCUT2D eigenvalue weighted by atomic mass is 127. The summed E-state index contributed by atoms with van der Waals surface area (Å²) in [4.78, 5) is 11.6. The summed E-state index contributed by atoms with van der Waals surface area (Å²) >= 11 is 3.50. The van der Waals surface area contributed by atoms with Crippen LogP contribution in [0.5, 0.6) is 0 Å². The summed E-state index contributed by atoms with van der Waals surface area (Å²) in [6.07, 6.45) is -4.44. The Morgan fingerprint density at radius 2 is 1.94 bits per heavy atom. The van der Waals surface area contributed by atoms with E-state index in [4.69, 9.17) is 12.5 Å². The molecule has 1 aliphatic heterocycles. The van der Waals surface area contributed by atoms with Gasteiger partial charge in [-0.15, -0.1) is 0 Å². The fourth-order valence-corrected chi connectivity index (χ4v) is 2.67. The summed E-state index contributed by atoms with van der Waals surface area (Å²) in [5.74, 6) is -0.772.